The van der Waals surface area contributed by atoms with Gasteiger partial charge in [-0.1, -0.05) is 110 Å². The molecule has 0 aromatic heterocycles. The molecular weight excluding hydrogens is 624 g/mol. The van der Waals surface area contributed by atoms with Crippen LogP contribution in [0, 0.1) is 5.92 Å². The SMILES string of the molecule is O=C(N[C@@H](Cc1ccc(-c2ccccc2)cc1)C(=O)O)C1c2cc(OCc3ccc4ccccc4c3)ccc2CCN1C(=O)CC1CCCC1. The van der Waals surface area contributed by atoms with Crippen molar-refractivity contribution in [1.29, 1.82) is 0 Å². The summed E-state index contributed by atoms with van der Waals surface area (Å²) in [7, 11) is 0. The van der Waals surface area contributed by atoms with Crippen LogP contribution < -0.4 is 10.1 Å². The number of nitrogens with one attached hydrogen (secondary N) is 1. The first-order valence-corrected chi connectivity index (χ1v) is 17.6. The smallest absolute Gasteiger partial charge is 0.326 e. The van der Waals surface area contributed by atoms with Gasteiger partial charge in [-0.2, -0.15) is 0 Å². The van der Waals surface area contributed by atoms with Crippen molar-refractivity contribution in [2.75, 3.05) is 6.54 Å². The summed E-state index contributed by atoms with van der Waals surface area (Å²) in [5, 5.41) is 15.4. The number of carboxylic acid groups (broad SMARTS) is 1. The molecule has 0 saturated heterocycles. The number of rotatable bonds is 11. The van der Waals surface area contributed by atoms with Crippen molar-refractivity contribution in [3.05, 3.63) is 138 Å². The largest absolute Gasteiger partial charge is 0.489 e. The molecule has 2 aliphatic rings. The summed E-state index contributed by atoms with van der Waals surface area (Å²) in [6.45, 7) is 0.738. The Bertz CT molecular complexity index is 1980. The van der Waals surface area contributed by atoms with E-state index in [-0.39, 0.29) is 12.3 Å². The molecule has 1 heterocycles. The number of hydrogen-bond acceptors (Lipinski definition) is 4. The lowest BCUT2D eigenvalue weighted by molar-refractivity contribution is -0.145. The maximum absolute atomic E-state index is 14.3. The van der Waals surface area contributed by atoms with Gasteiger partial charge in [-0.3, -0.25) is 9.59 Å². The minimum absolute atomic E-state index is 0.0615. The molecule has 50 heavy (non-hydrogen) atoms. The van der Waals surface area contributed by atoms with E-state index in [1.165, 1.54) is 0 Å². The van der Waals surface area contributed by atoms with Gasteiger partial charge in [0.05, 0.1) is 0 Å². The van der Waals surface area contributed by atoms with Crippen molar-refractivity contribution < 1.29 is 24.2 Å². The molecule has 1 aliphatic carbocycles. The normalized spacial score (nSPS) is 16.5. The van der Waals surface area contributed by atoms with Crippen LogP contribution in [0.3, 0.4) is 0 Å². The minimum Gasteiger partial charge on any atom is -0.489 e. The van der Waals surface area contributed by atoms with Crippen LogP contribution in [0.1, 0.15) is 60.4 Å². The van der Waals surface area contributed by atoms with E-state index in [0.717, 1.165) is 64.3 Å². The Labute approximate surface area is 292 Å². The van der Waals surface area contributed by atoms with Crippen LogP contribution in [0.2, 0.25) is 0 Å². The number of hydrogen-bond donors (Lipinski definition) is 2. The number of ether oxygens (including phenoxy) is 1. The number of benzene rings is 5. The second-order valence-electron chi connectivity index (χ2n) is 13.6. The number of carboxylic acids is 1. The van der Waals surface area contributed by atoms with Gasteiger partial charge >= 0.3 is 5.97 Å². The Balaban J connectivity index is 1.12. The Morgan fingerprint density at radius 2 is 1.48 bits per heavy atom. The van der Waals surface area contributed by atoms with Gasteiger partial charge in [0, 0.05) is 19.4 Å². The molecule has 5 aromatic rings. The van der Waals surface area contributed by atoms with E-state index in [9.17, 15) is 19.5 Å². The lowest BCUT2D eigenvalue weighted by Gasteiger charge is -2.37. The molecule has 2 amide bonds. The van der Waals surface area contributed by atoms with Crippen LogP contribution in [0.25, 0.3) is 21.9 Å². The fraction of sp³-hybridized carbons (Fsp3) is 0.279. The van der Waals surface area contributed by atoms with Gasteiger partial charge in [0.15, 0.2) is 0 Å². The average Bonchev–Trinajstić information content (AvgIpc) is 3.66. The molecule has 5 aromatic carbocycles. The Kier molecular flexibility index (Phi) is 9.92. The van der Waals surface area contributed by atoms with E-state index in [1.807, 2.05) is 91.0 Å². The van der Waals surface area contributed by atoms with E-state index < -0.39 is 24.0 Å². The first-order valence-electron chi connectivity index (χ1n) is 17.6. The number of carbonyl (C=O) groups excluding carboxylic acids is 2. The lowest BCUT2D eigenvalue weighted by atomic mass is 9.90. The molecule has 2 N–H and O–H groups in total. The number of carbonyl (C=O) groups is 3. The van der Waals surface area contributed by atoms with Crippen molar-refractivity contribution in [3.8, 4) is 16.9 Å². The third kappa shape index (κ3) is 7.57. The van der Waals surface area contributed by atoms with E-state index in [1.54, 1.807) is 4.90 Å². The van der Waals surface area contributed by atoms with E-state index in [2.05, 4.69) is 29.6 Å². The van der Waals surface area contributed by atoms with Crippen LogP contribution in [0.15, 0.2) is 115 Å². The maximum Gasteiger partial charge on any atom is 0.326 e. The van der Waals surface area contributed by atoms with Crippen molar-refractivity contribution >= 4 is 28.6 Å². The van der Waals surface area contributed by atoms with E-state index in [0.29, 0.717) is 43.2 Å². The molecule has 0 spiro atoms. The van der Waals surface area contributed by atoms with E-state index in [4.69, 9.17) is 4.74 Å². The molecule has 7 nitrogen and oxygen atoms in total. The standard InChI is InChI=1S/C43H42N2O5/c46-40(26-29-8-4-5-9-29)45-23-22-35-20-21-37(50-28-31-16-19-33-12-6-7-13-36(33)24-31)27-38(35)41(45)42(47)44-39(43(48)49)25-30-14-17-34(18-15-30)32-10-2-1-3-11-32/h1-3,6-7,10-21,24,27,29,39,41H,4-5,8-9,22-23,25-26,28H2,(H,44,47)(H,48,49)/t39-,41?/m0/s1. The molecular formula is C43H42N2O5. The summed E-state index contributed by atoms with van der Waals surface area (Å²) in [6, 6.07) is 35.7. The molecule has 7 rings (SSSR count). The number of aliphatic carboxylic acids is 1. The summed E-state index contributed by atoms with van der Waals surface area (Å²) in [4.78, 5) is 42.3. The predicted octanol–water partition coefficient (Wildman–Crippen LogP) is 7.90. The minimum atomic E-state index is -1.17. The Morgan fingerprint density at radius 3 is 2.24 bits per heavy atom. The first kappa shape index (κ1) is 33.1. The van der Waals surface area contributed by atoms with Gasteiger partial charge < -0.3 is 20.1 Å². The first-order chi connectivity index (χ1) is 24.4. The highest BCUT2D eigenvalue weighted by molar-refractivity contribution is 5.92. The second kappa shape index (κ2) is 15.0. The van der Waals surface area contributed by atoms with Gasteiger partial charge in [-0.25, -0.2) is 4.79 Å². The summed E-state index contributed by atoms with van der Waals surface area (Å²) >= 11 is 0. The fourth-order valence-corrected chi connectivity index (χ4v) is 7.46. The zero-order valence-electron chi connectivity index (χ0n) is 28.1. The van der Waals surface area contributed by atoms with Crippen LogP contribution >= 0.6 is 0 Å². The topological polar surface area (TPSA) is 95.9 Å². The average molecular weight is 667 g/mol. The molecule has 1 aliphatic heterocycles. The van der Waals surface area contributed by atoms with Crippen molar-refractivity contribution in [3.63, 3.8) is 0 Å². The third-order valence-electron chi connectivity index (χ3n) is 10.2. The number of fused-ring (bicyclic) bond motifs is 2. The highest BCUT2D eigenvalue weighted by Gasteiger charge is 2.38. The van der Waals surface area contributed by atoms with E-state index >= 15 is 0 Å². The monoisotopic (exact) mass is 666 g/mol. The zero-order valence-corrected chi connectivity index (χ0v) is 28.1. The Morgan fingerprint density at radius 1 is 0.780 bits per heavy atom. The number of nitrogens with zero attached hydrogens (tertiary/aromatic N) is 1. The van der Waals surface area contributed by atoms with Crippen molar-refractivity contribution in [1.82, 2.24) is 10.2 Å². The number of amides is 2. The van der Waals surface area contributed by atoms with Gasteiger partial charge in [0.2, 0.25) is 11.8 Å². The van der Waals surface area contributed by atoms with Gasteiger partial charge in [-0.15, -0.1) is 0 Å². The van der Waals surface area contributed by atoms with Crippen molar-refractivity contribution in [2.45, 2.75) is 63.6 Å². The van der Waals surface area contributed by atoms with Crippen LogP contribution in [-0.4, -0.2) is 40.4 Å². The maximum atomic E-state index is 14.3. The van der Waals surface area contributed by atoms with Crippen molar-refractivity contribution in [2.24, 2.45) is 5.92 Å². The van der Waals surface area contributed by atoms with Crippen LogP contribution in [0.4, 0.5) is 0 Å². The molecule has 1 fully saturated rings. The summed E-state index contributed by atoms with van der Waals surface area (Å²) < 4.78 is 6.25. The lowest BCUT2D eigenvalue weighted by Crippen LogP contribution is -2.51. The fourth-order valence-electron chi connectivity index (χ4n) is 7.46. The molecule has 1 unspecified atom stereocenters. The highest BCUT2D eigenvalue weighted by atomic mass is 16.5. The predicted molar refractivity (Wildman–Crippen MR) is 195 cm³/mol. The van der Waals surface area contributed by atoms with Gasteiger partial charge in [0.1, 0.15) is 24.4 Å². The van der Waals surface area contributed by atoms with Gasteiger partial charge in [0.25, 0.3) is 0 Å². The van der Waals surface area contributed by atoms with Crippen LogP contribution in [0.5, 0.6) is 5.75 Å². The molecule has 0 radical (unpaired) electrons. The summed E-state index contributed by atoms with van der Waals surface area (Å²) in [6.07, 6.45) is 5.39. The quantitative estimate of drug-likeness (QED) is 0.149. The molecule has 7 heteroatoms. The third-order valence-corrected chi connectivity index (χ3v) is 10.2. The molecule has 1 saturated carbocycles. The second-order valence-corrected chi connectivity index (χ2v) is 13.6. The molecule has 254 valence electrons. The van der Waals surface area contributed by atoms with Gasteiger partial charge in [-0.05, 0) is 87.5 Å². The summed E-state index contributed by atoms with van der Waals surface area (Å²) in [5.74, 6) is -0.778. The summed E-state index contributed by atoms with van der Waals surface area (Å²) in [5.41, 5.74) is 5.54. The Hall–Kier alpha value is -5.43. The molecule has 2 atom stereocenters. The van der Waals surface area contributed by atoms with Crippen LogP contribution in [-0.2, 0) is 33.8 Å². The zero-order chi connectivity index (χ0) is 34.5. The molecule has 0 bridgehead atoms. The highest BCUT2D eigenvalue weighted by Crippen LogP contribution is 2.36.